The largest absolute Gasteiger partial charge is 0.353 e. The molecule has 1 saturated heterocycles. The van der Waals surface area contributed by atoms with Crippen molar-refractivity contribution in [3.63, 3.8) is 0 Å². The fourth-order valence-electron chi connectivity index (χ4n) is 3.36. The molecule has 1 N–H and O–H groups in total. The van der Waals surface area contributed by atoms with Crippen LogP contribution in [0.3, 0.4) is 0 Å². The molecule has 0 atom stereocenters. The lowest BCUT2D eigenvalue weighted by Crippen LogP contribution is -2.49. The van der Waals surface area contributed by atoms with Gasteiger partial charge >= 0.3 is 0 Å². The van der Waals surface area contributed by atoms with Crippen LogP contribution in [0.15, 0.2) is 67.0 Å². The second kappa shape index (κ2) is 8.08. The second-order valence-corrected chi connectivity index (χ2v) is 6.89. The van der Waals surface area contributed by atoms with Crippen LogP contribution in [-0.4, -0.2) is 47.0 Å². The summed E-state index contributed by atoms with van der Waals surface area (Å²) in [7, 11) is 0. The van der Waals surface area contributed by atoms with Gasteiger partial charge in [0.05, 0.1) is 0 Å². The zero-order valence-electron chi connectivity index (χ0n) is 15.9. The number of hydrogen-bond donors (Lipinski definition) is 1. The van der Waals surface area contributed by atoms with Crippen LogP contribution in [0.25, 0.3) is 0 Å². The number of aryl methyl sites for hydroxylation is 1. The van der Waals surface area contributed by atoms with Crippen LogP contribution in [-0.2, 0) is 0 Å². The molecule has 1 fully saturated rings. The minimum atomic E-state index is 0.0374. The molecule has 0 spiro atoms. The number of benzene rings is 1. The maximum absolute atomic E-state index is 12.9. The lowest BCUT2D eigenvalue weighted by molar-refractivity contribution is 0.0746. The molecule has 28 heavy (non-hydrogen) atoms. The van der Waals surface area contributed by atoms with E-state index in [2.05, 4.69) is 20.2 Å². The third-order valence-electron chi connectivity index (χ3n) is 4.84. The molecular weight excluding hydrogens is 350 g/mol. The summed E-state index contributed by atoms with van der Waals surface area (Å²) in [6.07, 6.45) is 3.47. The van der Waals surface area contributed by atoms with E-state index >= 15 is 0 Å². The molecule has 3 aromatic rings. The van der Waals surface area contributed by atoms with Gasteiger partial charge in [-0.05, 0) is 48.9 Å². The number of amides is 1. The molecule has 6 heteroatoms. The number of anilines is 3. The first-order chi connectivity index (χ1) is 13.7. The normalized spacial score (nSPS) is 14.0. The van der Waals surface area contributed by atoms with Gasteiger partial charge in [0.1, 0.15) is 11.6 Å². The van der Waals surface area contributed by atoms with Crippen LogP contribution in [0.1, 0.15) is 15.9 Å². The van der Waals surface area contributed by atoms with Crippen LogP contribution in [0.5, 0.6) is 0 Å². The zero-order valence-corrected chi connectivity index (χ0v) is 15.9. The summed E-state index contributed by atoms with van der Waals surface area (Å²) < 4.78 is 0. The monoisotopic (exact) mass is 373 g/mol. The molecule has 0 saturated carbocycles. The highest BCUT2D eigenvalue weighted by molar-refractivity contribution is 5.95. The summed E-state index contributed by atoms with van der Waals surface area (Å²) in [6.45, 7) is 4.96. The highest BCUT2D eigenvalue weighted by atomic mass is 16.2. The Balaban J connectivity index is 1.41. The van der Waals surface area contributed by atoms with Gasteiger partial charge in [-0.15, -0.1) is 0 Å². The van der Waals surface area contributed by atoms with Gasteiger partial charge in [0.25, 0.3) is 5.91 Å². The smallest absolute Gasteiger partial charge is 0.254 e. The van der Waals surface area contributed by atoms with Crippen molar-refractivity contribution in [1.82, 2.24) is 14.9 Å². The molecule has 1 aromatic carbocycles. The van der Waals surface area contributed by atoms with Crippen molar-refractivity contribution >= 4 is 23.2 Å². The van der Waals surface area contributed by atoms with Crippen molar-refractivity contribution < 1.29 is 4.79 Å². The Morgan fingerprint density at radius 1 is 0.929 bits per heavy atom. The average Bonchev–Trinajstić information content (AvgIpc) is 2.74. The summed E-state index contributed by atoms with van der Waals surface area (Å²) in [5, 5.41) is 3.27. The maximum Gasteiger partial charge on any atom is 0.254 e. The molecule has 0 bridgehead atoms. The minimum absolute atomic E-state index is 0.0374. The lowest BCUT2D eigenvalue weighted by atomic mass is 10.2. The third-order valence-corrected chi connectivity index (χ3v) is 4.84. The zero-order chi connectivity index (χ0) is 19.3. The number of hydrogen-bond acceptors (Lipinski definition) is 5. The molecule has 0 unspecified atom stereocenters. The highest BCUT2D eigenvalue weighted by Crippen LogP contribution is 2.19. The molecule has 0 radical (unpaired) electrons. The Hall–Kier alpha value is -3.41. The van der Waals surface area contributed by atoms with E-state index in [-0.39, 0.29) is 5.91 Å². The Labute approximate surface area is 164 Å². The number of piperazine rings is 1. The average molecular weight is 373 g/mol. The summed E-state index contributed by atoms with van der Waals surface area (Å²) in [5.41, 5.74) is 2.78. The highest BCUT2D eigenvalue weighted by Gasteiger charge is 2.23. The molecular formula is C22H23N5O. The second-order valence-electron chi connectivity index (χ2n) is 6.89. The van der Waals surface area contributed by atoms with Crippen LogP contribution in [0.4, 0.5) is 17.3 Å². The molecule has 2 aromatic heterocycles. The Kier molecular flexibility index (Phi) is 5.19. The number of carbonyl (C=O) groups excluding carboxylic acids is 1. The lowest BCUT2D eigenvalue weighted by Gasteiger charge is -2.35. The minimum Gasteiger partial charge on any atom is -0.353 e. The summed E-state index contributed by atoms with van der Waals surface area (Å²) in [4.78, 5) is 25.8. The van der Waals surface area contributed by atoms with Gasteiger partial charge in [-0.2, -0.15) is 0 Å². The quantitative estimate of drug-likeness (QED) is 0.759. The topological polar surface area (TPSA) is 61.4 Å². The number of pyridine rings is 2. The van der Waals surface area contributed by atoms with Gasteiger partial charge in [-0.25, -0.2) is 9.97 Å². The van der Waals surface area contributed by atoms with Gasteiger partial charge in [-0.3, -0.25) is 4.79 Å². The van der Waals surface area contributed by atoms with E-state index in [9.17, 15) is 4.79 Å². The van der Waals surface area contributed by atoms with E-state index in [4.69, 9.17) is 0 Å². The molecule has 1 aliphatic heterocycles. The first-order valence-corrected chi connectivity index (χ1v) is 9.44. The Morgan fingerprint density at radius 2 is 1.79 bits per heavy atom. The van der Waals surface area contributed by atoms with E-state index in [0.717, 1.165) is 24.6 Å². The predicted octanol–water partition coefficient (Wildman–Crippen LogP) is 3.49. The van der Waals surface area contributed by atoms with Gasteiger partial charge in [0.15, 0.2) is 0 Å². The van der Waals surface area contributed by atoms with E-state index < -0.39 is 0 Å². The third kappa shape index (κ3) is 4.11. The summed E-state index contributed by atoms with van der Waals surface area (Å²) in [6, 6.07) is 17.6. The number of carbonyl (C=O) groups is 1. The van der Waals surface area contributed by atoms with Crippen molar-refractivity contribution in [3.8, 4) is 0 Å². The molecule has 0 aliphatic carbocycles. The van der Waals surface area contributed by atoms with Crippen molar-refractivity contribution in [1.29, 1.82) is 0 Å². The van der Waals surface area contributed by atoms with Gasteiger partial charge in [0, 0.05) is 49.8 Å². The van der Waals surface area contributed by atoms with Crippen LogP contribution >= 0.6 is 0 Å². The number of aromatic nitrogens is 2. The fraction of sp³-hybridized carbons (Fsp3) is 0.227. The van der Waals surface area contributed by atoms with Gasteiger partial charge < -0.3 is 15.1 Å². The standard InChI is InChI=1S/C22H23N5O/c1-17-5-4-6-19(15-17)25-20-16-18(8-10-23-20)22(28)27-13-11-26(12-14-27)21-7-2-3-9-24-21/h2-10,15-16H,11-14H2,1H3,(H,23,25). The molecule has 142 valence electrons. The molecule has 1 aliphatic rings. The van der Waals surface area contributed by atoms with Crippen LogP contribution in [0, 0.1) is 6.92 Å². The number of nitrogens with zero attached hydrogens (tertiary/aromatic N) is 4. The predicted molar refractivity (Wildman–Crippen MR) is 111 cm³/mol. The maximum atomic E-state index is 12.9. The number of rotatable bonds is 4. The molecule has 3 heterocycles. The van der Waals surface area contributed by atoms with Crippen LogP contribution in [0.2, 0.25) is 0 Å². The number of nitrogens with one attached hydrogen (secondary N) is 1. The van der Waals surface area contributed by atoms with Crippen molar-refractivity contribution in [2.75, 3.05) is 36.4 Å². The van der Waals surface area contributed by atoms with E-state index in [1.807, 2.05) is 60.4 Å². The Bertz CT molecular complexity index is 952. The summed E-state index contributed by atoms with van der Waals surface area (Å²) >= 11 is 0. The van der Waals surface area contributed by atoms with E-state index in [1.165, 1.54) is 5.56 Å². The van der Waals surface area contributed by atoms with Crippen LogP contribution < -0.4 is 10.2 Å². The summed E-state index contributed by atoms with van der Waals surface area (Å²) in [5.74, 6) is 1.67. The van der Waals surface area contributed by atoms with Gasteiger partial charge in [0.2, 0.25) is 0 Å². The van der Waals surface area contributed by atoms with Crippen molar-refractivity contribution in [3.05, 3.63) is 78.1 Å². The molecule has 1 amide bonds. The molecule has 4 rings (SSSR count). The first kappa shape index (κ1) is 18.0. The first-order valence-electron chi connectivity index (χ1n) is 9.44. The fourth-order valence-corrected chi connectivity index (χ4v) is 3.36. The van der Waals surface area contributed by atoms with Crippen molar-refractivity contribution in [2.45, 2.75) is 6.92 Å². The van der Waals surface area contributed by atoms with Gasteiger partial charge in [-0.1, -0.05) is 18.2 Å². The molecule has 6 nitrogen and oxygen atoms in total. The van der Waals surface area contributed by atoms with Crippen molar-refractivity contribution in [2.24, 2.45) is 0 Å². The SMILES string of the molecule is Cc1cccc(Nc2cc(C(=O)N3CCN(c4ccccn4)CC3)ccn2)c1. The Morgan fingerprint density at radius 3 is 2.54 bits per heavy atom. The van der Waals surface area contributed by atoms with E-state index in [1.54, 1.807) is 18.5 Å². The van der Waals surface area contributed by atoms with E-state index in [0.29, 0.717) is 24.5 Å².